The molecule has 2 rings (SSSR count). The van der Waals surface area contributed by atoms with Gasteiger partial charge in [-0.25, -0.2) is 0 Å². The molecule has 2 atom stereocenters. The number of piperidine rings is 1. The number of amidine groups is 1. The van der Waals surface area contributed by atoms with Gasteiger partial charge in [0.15, 0.2) is 0 Å². The van der Waals surface area contributed by atoms with Crippen LogP contribution in [0.2, 0.25) is 0 Å². The number of piperazine rings is 1. The van der Waals surface area contributed by atoms with Crippen LogP contribution in [0.3, 0.4) is 0 Å². The quantitative estimate of drug-likeness (QED) is 0.341. The number of nitrogens with two attached hydrogens (primary N) is 1. The van der Waals surface area contributed by atoms with Crippen LogP contribution in [0.15, 0.2) is 5.16 Å². The summed E-state index contributed by atoms with van der Waals surface area (Å²) in [6.07, 6.45) is 5.79. The molecule has 2 fully saturated rings. The van der Waals surface area contributed by atoms with E-state index in [0.717, 1.165) is 25.6 Å². The second-order valence-electron chi connectivity index (χ2n) is 5.54. The van der Waals surface area contributed by atoms with Crippen molar-refractivity contribution in [1.82, 2.24) is 9.80 Å². The lowest BCUT2D eigenvalue weighted by atomic mass is 9.97. The molecule has 0 aromatic carbocycles. The third-order valence-corrected chi connectivity index (χ3v) is 4.43. The Labute approximate surface area is 110 Å². The van der Waals surface area contributed by atoms with Gasteiger partial charge >= 0.3 is 0 Å². The molecule has 0 aromatic rings. The first-order valence-corrected chi connectivity index (χ1v) is 7.19. The van der Waals surface area contributed by atoms with Gasteiger partial charge < -0.3 is 10.9 Å². The zero-order valence-electron chi connectivity index (χ0n) is 11.4. The highest BCUT2D eigenvalue weighted by atomic mass is 16.4. The van der Waals surface area contributed by atoms with Crippen molar-refractivity contribution in [2.45, 2.75) is 51.1 Å². The molecule has 5 heteroatoms. The standard InChI is InChI=1S/C13H26N4O/c1-2-11(9-13(14)15-18)17-8-7-16-6-4-3-5-12(16)10-17/h11-12,18H,2-10H2,1H3,(H2,14,15). The van der Waals surface area contributed by atoms with Crippen LogP contribution in [-0.4, -0.2) is 59.1 Å². The van der Waals surface area contributed by atoms with Crippen molar-refractivity contribution in [2.24, 2.45) is 10.9 Å². The molecule has 0 bridgehead atoms. The first kappa shape index (κ1) is 13.6. The van der Waals surface area contributed by atoms with Gasteiger partial charge in [-0.1, -0.05) is 18.5 Å². The summed E-state index contributed by atoms with van der Waals surface area (Å²) >= 11 is 0. The van der Waals surface area contributed by atoms with Crippen LogP contribution in [-0.2, 0) is 0 Å². The van der Waals surface area contributed by atoms with Gasteiger partial charge in [0, 0.05) is 38.1 Å². The molecule has 5 nitrogen and oxygen atoms in total. The predicted molar refractivity (Wildman–Crippen MR) is 72.9 cm³/mol. The first-order chi connectivity index (χ1) is 8.74. The Morgan fingerprint density at radius 1 is 1.39 bits per heavy atom. The van der Waals surface area contributed by atoms with E-state index in [9.17, 15) is 0 Å². The van der Waals surface area contributed by atoms with E-state index in [-0.39, 0.29) is 0 Å². The Morgan fingerprint density at radius 2 is 2.22 bits per heavy atom. The summed E-state index contributed by atoms with van der Waals surface area (Å²) in [6, 6.07) is 1.15. The molecule has 3 N–H and O–H groups in total. The third kappa shape index (κ3) is 3.14. The maximum Gasteiger partial charge on any atom is 0.140 e. The van der Waals surface area contributed by atoms with Crippen LogP contribution in [0.4, 0.5) is 0 Å². The lowest BCUT2D eigenvalue weighted by Crippen LogP contribution is -2.57. The van der Waals surface area contributed by atoms with Crippen molar-refractivity contribution in [2.75, 3.05) is 26.2 Å². The molecule has 0 radical (unpaired) electrons. The molecule has 0 amide bonds. The van der Waals surface area contributed by atoms with Crippen LogP contribution in [0.5, 0.6) is 0 Å². The number of rotatable bonds is 4. The van der Waals surface area contributed by atoms with Crippen LogP contribution in [0.25, 0.3) is 0 Å². The highest BCUT2D eigenvalue weighted by Crippen LogP contribution is 2.23. The molecule has 2 aliphatic rings. The van der Waals surface area contributed by atoms with Gasteiger partial charge in [-0.15, -0.1) is 0 Å². The molecule has 0 aromatic heterocycles. The molecule has 18 heavy (non-hydrogen) atoms. The van der Waals surface area contributed by atoms with E-state index in [1.165, 1.54) is 32.4 Å². The minimum absolute atomic E-state index is 0.355. The highest BCUT2D eigenvalue weighted by molar-refractivity contribution is 5.80. The number of oxime groups is 1. The number of hydrogen-bond donors (Lipinski definition) is 2. The average molecular weight is 254 g/mol. The van der Waals surface area contributed by atoms with Crippen molar-refractivity contribution in [3.8, 4) is 0 Å². The molecule has 2 heterocycles. The smallest absolute Gasteiger partial charge is 0.140 e. The summed E-state index contributed by atoms with van der Waals surface area (Å²) in [5.41, 5.74) is 5.65. The molecule has 2 saturated heterocycles. The fourth-order valence-electron chi connectivity index (χ4n) is 3.33. The Morgan fingerprint density at radius 3 is 2.94 bits per heavy atom. The van der Waals surface area contributed by atoms with Crippen LogP contribution >= 0.6 is 0 Å². The number of hydrogen-bond acceptors (Lipinski definition) is 4. The molecule has 0 saturated carbocycles. The van der Waals surface area contributed by atoms with Crippen molar-refractivity contribution in [3.63, 3.8) is 0 Å². The van der Waals surface area contributed by atoms with E-state index in [1.54, 1.807) is 0 Å². The zero-order chi connectivity index (χ0) is 13.0. The van der Waals surface area contributed by atoms with Gasteiger partial charge in [-0.05, 0) is 25.8 Å². The fraction of sp³-hybridized carbons (Fsp3) is 0.923. The van der Waals surface area contributed by atoms with Crippen molar-refractivity contribution in [1.29, 1.82) is 0 Å². The van der Waals surface area contributed by atoms with Gasteiger partial charge in [-0.3, -0.25) is 9.80 Å². The van der Waals surface area contributed by atoms with Gasteiger partial charge in [-0.2, -0.15) is 0 Å². The van der Waals surface area contributed by atoms with Crippen LogP contribution < -0.4 is 5.73 Å². The van der Waals surface area contributed by atoms with Gasteiger partial charge in [0.1, 0.15) is 5.84 Å². The second kappa shape index (κ2) is 6.38. The molecule has 2 aliphatic heterocycles. The molecule has 0 spiro atoms. The van der Waals surface area contributed by atoms with E-state index < -0.39 is 0 Å². The van der Waals surface area contributed by atoms with E-state index in [0.29, 0.717) is 18.3 Å². The fourth-order valence-corrected chi connectivity index (χ4v) is 3.33. The van der Waals surface area contributed by atoms with E-state index in [4.69, 9.17) is 10.9 Å². The minimum atomic E-state index is 0.355. The topological polar surface area (TPSA) is 65.1 Å². The summed E-state index contributed by atoms with van der Waals surface area (Å²) in [7, 11) is 0. The van der Waals surface area contributed by atoms with Gasteiger partial charge in [0.2, 0.25) is 0 Å². The Balaban J connectivity index is 1.91. The van der Waals surface area contributed by atoms with Gasteiger partial charge in [0.25, 0.3) is 0 Å². The molecular formula is C13H26N4O. The number of nitrogens with zero attached hydrogens (tertiary/aromatic N) is 3. The summed E-state index contributed by atoms with van der Waals surface area (Å²) in [6.45, 7) is 6.90. The van der Waals surface area contributed by atoms with Crippen LogP contribution in [0, 0.1) is 0 Å². The Kier molecular flexibility index (Phi) is 4.83. The maximum absolute atomic E-state index is 8.70. The maximum atomic E-state index is 8.70. The van der Waals surface area contributed by atoms with Gasteiger partial charge in [0.05, 0.1) is 0 Å². The summed E-state index contributed by atoms with van der Waals surface area (Å²) in [4.78, 5) is 5.17. The second-order valence-corrected chi connectivity index (χ2v) is 5.54. The zero-order valence-corrected chi connectivity index (χ0v) is 11.4. The Bertz CT molecular complexity index is 295. The largest absolute Gasteiger partial charge is 0.409 e. The highest BCUT2D eigenvalue weighted by Gasteiger charge is 2.31. The molecular weight excluding hydrogens is 228 g/mol. The van der Waals surface area contributed by atoms with Crippen molar-refractivity contribution < 1.29 is 5.21 Å². The van der Waals surface area contributed by atoms with Crippen molar-refractivity contribution in [3.05, 3.63) is 0 Å². The summed E-state index contributed by atoms with van der Waals surface area (Å²) in [5.74, 6) is 0.355. The lowest BCUT2D eigenvalue weighted by Gasteiger charge is -2.46. The normalized spacial score (nSPS) is 28.9. The third-order valence-electron chi connectivity index (χ3n) is 4.43. The minimum Gasteiger partial charge on any atom is -0.409 e. The molecule has 104 valence electrons. The summed E-state index contributed by atoms with van der Waals surface area (Å²) < 4.78 is 0. The lowest BCUT2D eigenvalue weighted by molar-refractivity contribution is 0.0277. The van der Waals surface area contributed by atoms with E-state index in [2.05, 4.69) is 21.9 Å². The molecule has 0 aliphatic carbocycles. The first-order valence-electron chi connectivity index (χ1n) is 7.19. The SMILES string of the molecule is CCC(CC(N)=NO)N1CCN2CCCCC2C1. The number of fused-ring (bicyclic) bond motifs is 1. The van der Waals surface area contributed by atoms with E-state index in [1.807, 2.05) is 0 Å². The van der Waals surface area contributed by atoms with Crippen molar-refractivity contribution >= 4 is 5.84 Å². The predicted octanol–water partition coefficient (Wildman–Crippen LogP) is 1.07. The van der Waals surface area contributed by atoms with Crippen LogP contribution in [0.1, 0.15) is 39.0 Å². The monoisotopic (exact) mass is 254 g/mol. The van der Waals surface area contributed by atoms with E-state index >= 15 is 0 Å². The summed E-state index contributed by atoms with van der Waals surface area (Å²) in [5, 5.41) is 11.8. The molecule has 2 unspecified atom stereocenters. The Hall–Kier alpha value is -0.810. The average Bonchev–Trinajstić information content (AvgIpc) is 2.44.